The number of nitrogens with two attached hydrogens (primary N) is 1. The normalized spacial score (nSPS) is 15.4. The summed E-state index contributed by atoms with van der Waals surface area (Å²) in [6.07, 6.45) is -3.75. The second-order valence-corrected chi connectivity index (χ2v) is 4.91. The first-order valence-corrected chi connectivity index (χ1v) is 6.61. The second-order valence-electron chi connectivity index (χ2n) is 4.91. The minimum absolute atomic E-state index is 0.103. The Balaban J connectivity index is 1.91. The molecule has 1 saturated heterocycles. The van der Waals surface area contributed by atoms with Gasteiger partial charge in [-0.25, -0.2) is 9.97 Å². The molecule has 3 rings (SSSR count). The van der Waals surface area contributed by atoms with Gasteiger partial charge in [0.1, 0.15) is 17.4 Å². The molecule has 116 valence electrons. The standard InChI is InChI=1S/C14H13F3N4O/c15-14(16,17)11-7-20-13(18)21-12(11)8-1-3-9(4-2-8)22-10-5-19-6-10/h1-4,7,10,19H,5-6H2,(H2,18,20,21). The van der Waals surface area contributed by atoms with E-state index < -0.39 is 11.7 Å². The van der Waals surface area contributed by atoms with Crippen LogP contribution in [-0.4, -0.2) is 29.2 Å². The Morgan fingerprint density at radius 3 is 2.41 bits per heavy atom. The summed E-state index contributed by atoms with van der Waals surface area (Å²) in [7, 11) is 0. The summed E-state index contributed by atoms with van der Waals surface area (Å²) in [5.74, 6) is 0.398. The number of hydrogen-bond donors (Lipinski definition) is 2. The zero-order valence-corrected chi connectivity index (χ0v) is 11.4. The average Bonchev–Trinajstić information content (AvgIpc) is 2.42. The molecule has 0 radical (unpaired) electrons. The molecule has 0 atom stereocenters. The van der Waals surface area contributed by atoms with Crippen LogP contribution in [0.1, 0.15) is 5.56 Å². The van der Waals surface area contributed by atoms with Gasteiger partial charge in [-0.1, -0.05) is 0 Å². The van der Waals surface area contributed by atoms with Gasteiger partial charge in [-0.15, -0.1) is 0 Å². The van der Waals surface area contributed by atoms with Crippen molar-refractivity contribution >= 4 is 5.95 Å². The van der Waals surface area contributed by atoms with E-state index in [1.807, 2.05) is 0 Å². The SMILES string of the molecule is Nc1ncc(C(F)(F)F)c(-c2ccc(OC3CNC3)cc2)n1. The van der Waals surface area contributed by atoms with Crippen molar-refractivity contribution in [3.8, 4) is 17.0 Å². The number of nitrogens with zero attached hydrogens (tertiary/aromatic N) is 2. The molecule has 0 saturated carbocycles. The van der Waals surface area contributed by atoms with Crippen LogP contribution in [0.25, 0.3) is 11.3 Å². The van der Waals surface area contributed by atoms with E-state index in [4.69, 9.17) is 10.5 Å². The molecule has 1 fully saturated rings. The predicted molar refractivity (Wildman–Crippen MR) is 74.2 cm³/mol. The van der Waals surface area contributed by atoms with E-state index in [2.05, 4.69) is 15.3 Å². The highest BCUT2D eigenvalue weighted by Crippen LogP contribution is 2.36. The van der Waals surface area contributed by atoms with Crippen LogP contribution in [0.4, 0.5) is 19.1 Å². The molecule has 0 aliphatic carbocycles. The molecule has 0 unspecified atom stereocenters. The third-order valence-electron chi connectivity index (χ3n) is 3.29. The van der Waals surface area contributed by atoms with Crippen LogP contribution in [0.3, 0.4) is 0 Å². The first-order chi connectivity index (χ1) is 10.4. The van der Waals surface area contributed by atoms with Crippen LogP contribution in [-0.2, 0) is 6.18 Å². The van der Waals surface area contributed by atoms with E-state index in [-0.39, 0.29) is 17.7 Å². The van der Waals surface area contributed by atoms with Gasteiger partial charge in [0.05, 0.1) is 5.69 Å². The van der Waals surface area contributed by atoms with Crippen molar-refractivity contribution in [1.29, 1.82) is 0 Å². The van der Waals surface area contributed by atoms with Gasteiger partial charge in [0.15, 0.2) is 0 Å². The van der Waals surface area contributed by atoms with Crippen molar-refractivity contribution in [2.24, 2.45) is 0 Å². The molecule has 1 aromatic carbocycles. The zero-order chi connectivity index (χ0) is 15.7. The molecule has 0 amide bonds. The van der Waals surface area contributed by atoms with E-state index >= 15 is 0 Å². The van der Waals surface area contributed by atoms with Crippen molar-refractivity contribution in [1.82, 2.24) is 15.3 Å². The van der Waals surface area contributed by atoms with Crippen molar-refractivity contribution in [2.45, 2.75) is 12.3 Å². The van der Waals surface area contributed by atoms with E-state index in [0.717, 1.165) is 13.1 Å². The van der Waals surface area contributed by atoms with Crippen molar-refractivity contribution < 1.29 is 17.9 Å². The molecule has 22 heavy (non-hydrogen) atoms. The van der Waals surface area contributed by atoms with E-state index in [0.29, 0.717) is 17.5 Å². The number of aromatic nitrogens is 2. The summed E-state index contributed by atoms with van der Waals surface area (Å²) < 4.78 is 44.7. The smallest absolute Gasteiger partial charge is 0.419 e. The fourth-order valence-corrected chi connectivity index (χ4v) is 2.05. The molecule has 2 aromatic rings. The Hall–Kier alpha value is -2.35. The third kappa shape index (κ3) is 2.96. The maximum absolute atomic E-state index is 13.0. The van der Waals surface area contributed by atoms with Gasteiger partial charge in [-0.3, -0.25) is 0 Å². The number of rotatable bonds is 3. The fraction of sp³-hybridized carbons (Fsp3) is 0.286. The molecule has 1 aliphatic rings. The predicted octanol–water partition coefficient (Wildman–Crippen LogP) is 2.10. The molecule has 2 heterocycles. The lowest BCUT2D eigenvalue weighted by molar-refractivity contribution is -0.137. The number of anilines is 1. The highest BCUT2D eigenvalue weighted by Gasteiger charge is 2.35. The molecular weight excluding hydrogens is 297 g/mol. The molecule has 3 N–H and O–H groups in total. The number of alkyl halides is 3. The number of hydrogen-bond acceptors (Lipinski definition) is 5. The van der Waals surface area contributed by atoms with Crippen LogP contribution < -0.4 is 15.8 Å². The van der Waals surface area contributed by atoms with Crippen molar-refractivity contribution in [3.05, 3.63) is 36.0 Å². The van der Waals surface area contributed by atoms with Crippen LogP contribution in [0.15, 0.2) is 30.5 Å². The number of ether oxygens (including phenoxy) is 1. The Morgan fingerprint density at radius 2 is 1.86 bits per heavy atom. The molecule has 1 aromatic heterocycles. The topological polar surface area (TPSA) is 73.1 Å². The lowest BCUT2D eigenvalue weighted by Gasteiger charge is -2.27. The summed E-state index contributed by atoms with van der Waals surface area (Å²) in [5.41, 5.74) is 4.56. The lowest BCUT2D eigenvalue weighted by Crippen LogP contribution is -2.50. The van der Waals surface area contributed by atoms with Gasteiger partial charge in [-0.2, -0.15) is 13.2 Å². The Labute approximate surface area is 124 Å². The molecule has 8 heteroatoms. The van der Waals surface area contributed by atoms with Crippen molar-refractivity contribution in [2.75, 3.05) is 18.8 Å². The summed E-state index contributed by atoms with van der Waals surface area (Å²) in [5, 5.41) is 3.07. The summed E-state index contributed by atoms with van der Waals surface area (Å²) in [4.78, 5) is 7.15. The quantitative estimate of drug-likeness (QED) is 0.908. The number of nitrogens with one attached hydrogen (secondary N) is 1. The van der Waals surface area contributed by atoms with E-state index in [1.54, 1.807) is 12.1 Å². The van der Waals surface area contributed by atoms with Crippen LogP contribution in [0.5, 0.6) is 5.75 Å². The minimum Gasteiger partial charge on any atom is -0.488 e. The summed E-state index contributed by atoms with van der Waals surface area (Å²) in [6, 6.07) is 6.29. The molecule has 0 bridgehead atoms. The average molecular weight is 310 g/mol. The Bertz CT molecular complexity index is 669. The van der Waals surface area contributed by atoms with E-state index in [9.17, 15) is 13.2 Å². The zero-order valence-electron chi connectivity index (χ0n) is 11.4. The van der Waals surface area contributed by atoms with Gasteiger partial charge >= 0.3 is 6.18 Å². The number of nitrogen functional groups attached to an aromatic ring is 1. The first-order valence-electron chi connectivity index (χ1n) is 6.61. The van der Waals surface area contributed by atoms with Crippen LogP contribution >= 0.6 is 0 Å². The maximum Gasteiger partial charge on any atom is 0.419 e. The molecule has 5 nitrogen and oxygen atoms in total. The van der Waals surface area contributed by atoms with Gasteiger partial charge < -0.3 is 15.8 Å². The highest BCUT2D eigenvalue weighted by molar-refractivity contribution is 5.65. The Morgan fingerprint density at radius 1 is 1.18 bits per heavy atom. The lowest BCUT2D eigenvalue weighted by atomic mass is 10.1. The van der Waals surface area contributed by atoms with Gasteiger partial charge in [-0.05, 0) is 24.3 Å². The van der Waals surface area contributed by atoms with Gasteiger partial charge in [0, 0.05) is 24.8 Å². The highest BCUT2D eigenvalue weighted by atomic mass is 19.4. The summed E-state index contributed by atoms with van der Waals surface area (Å²) >= 11 is 0. The second kappa shape index (κ2) is 5.45. The Kier molecular flexibility index (Phi) is 3.61. The number of benzene rings is 1. The van der Waals surface area contributed by atoms with Gasteiger partial charge in [0.2, 0.25) is 5.95 Å². The molecule has 1 aliphatic heterocycles. The van der Waals surface area contributed by atoms with Crippen LogP contribution in [0, 0.1) is 0 Å². The van der Waals surface area contributed by atoms with E-state index in [1.165, 1.54) is 12.1 Å². The molecular formula is C14H13F3N4O. The van der Waals surface area contributed by atoms with Gasteiger partial charge in [0.25, 0.3) is 0 Å². The largest absolute Gasteiger partial charge is 0.488 e. The van der Waals surface area contributed by atoms with Crippen LogP contribution in [0.2, 0.25) is 0 Å². The fourth-order valence-electron chi connectivity index (χ4n) is 2.05. The minimum atomic E-state index is -4.55. The summed E-state index contributed by atoms with van der Waals surface area (Å²) in [6.45, 7) is 1.53. The number of halogens is 3. The maximum atomic E-state index is 13.0. The molecule has 0 spiro atoms. The first kappa shape index (κ1) is 14.6. The monoisotopic (exact) mass is 310 g/mol. The van der Waals surface area contributed by atoms with Crippen molar-refractivity contribution in [3.63, 3.8) is 0 Å². The third-order valence-corrected chi connectivity index (χ3v) is 3.29.